The van der Waals surface area contributed by atoms with Gasteiger partial charge in [0.25, 0.3) is 5.91 Å². The summed E-state index contributed by atoms with van der Waals surface area (Å²) in [7, 11) is 0. The van der Waals surface area contributed by atoms with Gasteiger partial charge in [0.2, 0.25) is 0 Å². The van der Waals surface area contributed by atoms with Crippen molar-refractivity contribution in [2.45, 2.75) is 6.92 Å². The summed E-state index contributed by atoms with van der Waals surface area (Å²) in [5, 5.41) is 8.96. The van der Waals surface area contributed by atoms with E-state index in [1.807, 2.05) is 0 Å². The molecular formula is C15H15N3O3. The first kappa shape index (κ1) is 13.5. The van der Waals surface area contributed by atoms with Crippen LogP contribution in [0.15, 0.2) is 30.6 Å². The number of hydrogen-bond acceptors (Lipinski definition) is 4. The summed E-state index contributed by atoms with van der Waals surface area (Å²) in [5.41, 5.74) is 1.98. The zero-order valence-electron chi connectivity index (χ0n) is 11.6. The third-order valence-electron chi connectivity index (χ3n) is 4.01. The van der Waals surface area contributed by atoms with Gasteiger partial charge in [-0.25, -0.2) is 0 Å². The topological polar surface area (TPSA) is 83.4 Å². The average molecular weight is 285 g/mol. The predicted molar refractivity (Wildman–Crippen MR) is 75.7 cm³/mol. The number of fused-ring (bicyclic) bond motifs is 1. The van der Waals surface area contributed by atoms with Gasteiger partial charge in [-0.1, -0.05) is 6.92 Å². The van der Waals surface area contributed by atoms with Gasteiger partial charge in [0.05, 0.1) is 17.0 Å². The molecule has 2 heterocycles. The largest absolute Gasteiger partial charge is 0.481 e. The van der Waals surface area contributed by atoms with Crippen LogP contribution in [-0.2, 0) is 4.79 Å². The Morgan fingerprint density at radius 3 is 2.57 bits per heavy atom. The molecule has 1 aliphatic heterocycles. The third kappa shape index (κ3) is 2.44. The van der Waals surface area contributed by atoms with Crippen molar-refractivity contribution in [3.05, 3.63) is 36.2 Å². The third-order valence-corrected chi connectivity index (χ3v) is 4.01. The number of nitrogens with zero attached hydrogens (tertiary/aromatic N) is 3. The molecule has 0 bridgehead atoms. The molecule has 1 fully saturated rings. The lowest BCUT2D eigenvalue weighted by Gasteiger charge is -2.41. The van der Waals surface area contributed by atoms with E-state index < -0.39 is 11.9 Å². The molecule has 6 heteroatoms. The van der Waals surface area contributed by atoms with E-state index in [-0.39, 0.29) is 11.8 Å². The van der Waals surface area contributed by atoms with Crippen molar-refractivity contribution in [2.75, 3.05) is 13.1 Å². The van der Waals surface area contributed by atoms with Crippen molar-refractivity contribution in [3.63, 3.8) is 0 Å². The molecule has 2 aromatic rings. The normalized spacial score (nSPS) is 16.5. The highest BCUT2D eigenvalue weighted by molar-refractivity contribution is 5.97. The Hall–Kier alpha value is -2.50. The second-order valence-electron chi connectivity index (χ2n) is 5.36. The van der Waals surface area contributed by atoms with Gasteiger partial charge in [-0.3, -0.25) is 19.6 Å². The maximum atomic E-state index is 12.3. The minimum absolute atomic E-state index is 0.0340. The molecule has 1 unspecified atom stereocenters. The summed E-state index contributed by atoms with van der Waals surface area (Å²) in [4.78, 5) is 33.3. The Labute approximate surface area is 121 Å². The molecule has 0 spiro atoms. The molecule has 0 saturated carbocycles. The van der Waals surface area contributed by atoms with Crippen LogP contribution >= 0.6 is 0 Å². The maximum Gasteiger partial charge on any atom is 0.306 e. The van der Waals surface area contributed by atoms with E-state index in [2.05, 4.69) is 9.97 Å². The standard InChI is InChI=1S/C15H15N3O3/c1-9(15(20)21)11-7-18(8-11)14(19)10-2-3-12-13(6-10)17-5-4-16-12/h2-6,9,11H,7-8H2,1H3,(H,20,21). The Balaban J connectivity index is 1.72. The first-order valence-corrected chi connectivity index (χ1v) is 6.79. The lowest BCUT2D eigenvalue weighted by molar-refractivity contribution is -0.144. The summed E-state index contributed by atoms with van der Waals surface area (Å²) >= 11 is 0. The number of likely N-dealkylation sites (tertiary alicyclic amines) is 1. The summed E-state index contributed by atoms with van der Waals surface area (Å²) < 4.78 is 0. The number of rotatable bonds is 3. The summed E-state index contributed by atoms with van der Waals surface area (Å²) in [6.45, 7) is 2.66. The van der Waals surface area contributed by atoms with Gasteiger partial charge in [-0.05, 0) is 18.2 Å². The molecule has 108 valence electrons. The molecule has 0 aliphatic carbocycles. The number of aliphatic carboxylic acids is 1. The number of amides is 1. The second kappa shape index (κ2) is 5.12. The fourth-order valence-electron chi connectivity index (χ4n) is 2.48. The smallest absolute Gasteiger partial charge is 0.306 e. The fraction of sp³-hybridized carbons (Fsp3) is 0.333. The lowest BCUT2D eigenvalue weighted by atomic mass is 9.86. The summed E-state index contributed by atoms with van der Waals surface area (Å²) in [6, 6.07) is 5.22. The van der Waals surface area contributed by atoms with Gasteiger partial charge >= 0.3 is 5.97 Å². The number of aromatic nitrogens is 2. The van der Waals surface area contributed by atoms with E-state index in [1.165, 1.54) is 0 Å². The average Bonchev–Trinajstić information content (AvgIpc) is 2.44. The van der Waals surface area contributed by atoms with Gasteiger partial charge in [0.1, 0.15) is 0 Å². The monoisotopic (exact) mass is 285 g/mol. The SMILES string of the molecule is CC(C(=O)O)C1CN(C(=O)c2ccc3nccnc3c2)C1. The maximum absolute atomic E-state index is 12.3. The molecule has 21 heavy (non-hydrogen) atoms. The molecule has 1 aromatic carbocycles. The van der Waals surface area contributed by atoms with Crippen LogP contribution in [0.2, 0.25) is 0 Å². The number of hydrogen-bond donors (Lipinski definition) is 1. The van der Waals surface area contributed by atoms with Crippen molar-refractivity contribution >= 4 is 22.9 Å². The Kier molecular flexibility index (Phi) is 3.29. The first-order chi connectivity index (χ1) is 10.1. The fourth-order valence-corrected chi connectivity index (χ4v) is 2.48. The van der Waals surface area contributed by atoms with Crippen LogP contribution in [-0.4, -0.2) is 44.9 Å². The second-order valence-corrected chi connectivity index (χ2v) is 5.36. The van der Waals surface area contributed by atoms with Gasteiger partial charge in [-0.2, -0.15) is 0 Å². The minimum atomic E-state index is -0.812. The minimum Gasteiger partial charge on any atom is -0.481 e. The van der Waals surface area contributed by atoms with Gasteiger partial charge in [0, 0.05) is 37.0 Å². The predicted octanol–water partition coefficient (Wildman–Crippen LogP) is 1.42. The van der Waals surface area contributed by atoms with E-state index in [0.717, 1.165) is 5.52 Å². The number of benzene rings is 1. The van der Waals surface area contributed by atoms with Crippen molar-refractivity contribution in [1.29, 1.82) is 0 Å². The van der Waals surface area contributed by atoms with E-state index in [0.29, 0.717) is 24.2 Å². The van der Waals surface area contributed by atoms with Gasteiger partial charge < -0.3 is 10.0 Å². The molecule has 1 aliphatic rings. The Morgan fingerprint density at radius 1 is 1.24 bits per heavy atom. The Bertz CT molecular complexity index is 710. The molecule has 1 N–H and O–H groups in total. The highest BCUT2D eigenvalue weighted by atomic mass is 16.4. The van der Waals surface area contributed by atoms with Crippen LogP contribution in [0.1, 0.15) is 17.3 Å². The van der Waals surface area contributed by atoms with Crippen molar-refractivity contribution < 1.29 is 14.7 Å². The molecule has 3 rings (SSSR count). The Morgan fingerprint density at radius 2 is 1.90 bits per heavy atom. The summed E-state index contributed by atoms with van der Waals surface area (Å²) in [5.74, 6) is -1.28. The number of carbonyl (C=O) groups excluding carboxylic acids is 1. The van der Waals surface area contributed by atoms with Crippen LogP contribution in [0.5, 0.6) is 0 Å². The van der Waals surface area contributed by atoms with Crippen molar-refractivity contribution in [2.24, 2.45) is 11.8 Å². The molecule has 1 amide bonds. The lowest BCUT2D eigenvalue weighted by Crippen LogP contribution is -2.53. The van der Waals surface area contributed by atoms with Crippen LogP contribution in [0.3, 0.4) is 0 Å². The van der Waals surface area contributed by atoms with Crippen LogP contribution in [0.25, 0.3) is 11.0 Å². The highest BCUT2D eigenvalue weighted by Gasteiger charge is 2.37. The first-order valence-electron chi connectivity index (χ1n) is 6.79. The van der Waals surface area contributed by atoms with Crippen molar-refractivity contribution in [3.8, 4) is 0 Å². The van der Waals surface area contributed by atoms with Crippen LogP contribution in [0.4, 0.5) is 0 Å². The number of carboxylic acids is 1. The van der Waals surface area contributed by atoms with E-state index in [1.54, 1.807) is 42.4 Å². The number of carbonyl (C=O) groups is 2. The molecule has 6 nitrogen and oxygen atoms in total. The zero-order valence-corrected chi connectivity index (χ0v) is 11.6. The quantitative estimate of drug-likeness (QED) is 0.922. The van der Waals surface area contributed by atoms with Crippen LogP contribution < -0.4 is 0 Å². The van der Waals surface area contributed by atoms with Crippen LogP contribution in [0, 0.1) is 11.8 Å². The zero-order chi connectivity index (χ0) is 15.0. The van der Waals surface area contributed by atoms with E-state index in [4.69, 9.17) is 5.11 Å². The van der Waals surface area contributed by atoms with Gasteiger partial charge in [0.15, 0.2) is 0 Å². The summed E-state index contributed by atoms with van der Waals surface area (Å²) in [6.07, 6.45) is 3.20. The van der Waals surface area contributed by atoms with E-state index >= 15 is 0 Å². The highest BCUT2D eigenvalue weighted by Crippen LogP contribution is 2.26. The van der Waals surface area contributed by atoms with E-state index in [9.17, 15) is 9.59 Å². The van der Waals surface area contributed by atoms with Crippen molar-refractivity contribution in [1.82, 2.24) is 14.9 Å². The number of carboxylic acid groups (broad SMARTS) is 1. The van der Waals surface area contributed by atoms with Gasteiger partial charge in [-0.15, -0.1) is 0 Å². The molecule has 1 aromatic heterocycles. The molecule has 1 saturated heterocycles. The molecular weight excluding hydrogens is 270 g/mol. The molecule has 1 atom stereocenters. The molecule has 0 radical (unpaired) electrons.